The molecule has 1 atom stereocenters. The maximum atomic E-state index is 12.0. The molecule has 0 heterocycles. The van der Waals surface area contributed by atoms with E-state index in [9.17, 15) is 14.7 Å². The van der Waals surface area contributed by atoms with Crippen LogP contribution in [0, 0.1) is 5.92 Å². The predicted octanol–water partition coefficient (Wildman–Crippen LogP) is 1.94. The van der Waals surface area contributed by atoms with Crippen molar-refractivity contribution in [1.29, 1.82) is 0 Å². The van der Waals surface area contributed by atoms with Gasteiger partial charge in [0.1, 0.15) is 17.5 Å². The third kappa shape index (κ3) is 3.67. The lowest BCUT2D eigenvalue weighted by atomic mass is 9.92. The first kappa shape index (κ1) is 14.4. The Kier molecular flexibility index (Phi) is 5.52. The minimum Gasteiger partial charge on any atom is -0.508 e. The Morgan fingerprint density at radius 1 is 1.22 bits per heavy atom. The minimum atomic E-state index is -0.985. The number of aliphatic hydroxyl groups is 1. The quantitative estimate of drug-likeness (QED) is 0.573. The lowest BCUT2D eigenvalue weighted by Crippen LogP contribution is -2.27. The fraction of sp³-hybridized carbons (Fsp3) is 0.429. The number of carbonyl (C=O) groups is 2. The van der Waals surface area contributed by atoms with E-state index in [0.29, 0.717) is 12.0 Å². The van der Waals surface area contributed by atoms with Crippen molar-refractivity contribution in [2.24, 2.45) is 5.92 Å². The van der Waals surface area contributed by atoms with Crippen molar-refractivity contribution in [3.05, 3.63) is 29.8 Å². The number of ketones is 2. The zero-order valence-electron chi connectivity index (χ0n) is 10.4. The maximum Gasteiger partial charge on any atom is 0.175 e. The molecule has 0 aliphatic heterocycles. The van der Waals surface area contributed by atoms with Crippen molar-refractivity contribution in [3.8, 4) is 5.75 Å². The topological polar surface area (TPSA) is 74.6 Å². The second-order valence-corrected chi connectivity index (χ2v) is 4.22. The molecular weight excluding hydrogens is 232 g/mol. The minimum absolute atomic E-state index is 0.0596. The molecule has 1 rings (SSSR count). The van der Waals surface area contributed by atoms with Gasteiger partial charge >= 0.3 is 0 Å². The molecule has 0 aliphatic carbocycles. The molecule has 0 spiro atoms. The number of Topliss-reactive ketones (excluding diaryl/α,β-unsaturated/α-hetero) is 2. The van der Waals surface area contributed by atoms with Crippen LogP contribution < -0.4 is 0 Å². The molecule has 2 N–H and O–H groups in total. The Balaban J connectivity index is 2.78. The highest BCUT2D eigenvalue weighted by molar-refractivity contribution is 6.10. The van der Waals surface area contributed by atoms with Gasteiger partial charge in [-0.1, -0.05) is 13.3 Å². The number of phenols is 1. The molecule has 0 saturated carbocycles. The van der Waals surface area contributed by atoms with Crippen molar-refractivity contribution in [2.45, 2.75) is 26.2 Å². The van der Waals surface area contributed by atoms with E-state index in [-0.39, 0.29) is 11.5 Å². The SMILES string of the molecule is CCCCC(=O)C(CO)C(=O)c1ccc(O)cc1. The average molecular weight is 250 g/mol. The summed E-state index contributed by atoms with van der Waals surface area (Å²) in [4.78, 5) is 23.8. The third-order valence-corrected chi connectivity index (χ3v) is 2.82. The molecule has 18 heavy (non-hydrogen) atoms. The molecule has 0 radical (unpaired) electrons. The van der Waals surface area contributed by atoms with Crippen LogP contribution in [0.4, 0.5) is 0 Å². The van der Waals surface area contributed by atoms with Crippen LogP contribution in [-0.2, 0) is 4.79 Å². The first-order chi connectivity index (χ1) is 8.60. The summed E-state index contributed by atoms with van der Waals surface area (Å²) in [6.07, 6.45) is 1.90. The van der Waals surface area contributed by atoms with Crippen LogP contribution in [0.15, 0.2) is 24.3 Å². The van der Waals surface area contributed by atoms with Gasteiger partial charge in [0.2, 0.25) is 0 Å². The van der Waals surface area contributed by atoms with Crippen molar-refractivity contribution in [3.63, 3.8) is 0 Å². The van der Waals surface area contributed by atoms with Crippen molar-refractivity contribution in [1.82, 2.24) is 0 Å². The van der Waals surface area contributed by atoms with Gasteiger partial charge in [0.25, 0.3) is 0 Å². The summed E-state index contributed by atoms with van der Waals surface area (Å²) in [5.74, 6) is -1.54. The van der Waals surface area contributed by atoms with Crippen LogP contribution in [0.1, 0.15) is 36.5 Å². The number of phenolic OH excluding ortho intramolecular Hbond substituents is 1. The molecule has 0 aliphatic rings. The van der Waals surface area contributed by atoms with E-state index in [1.807, 2.05) is 6.92 Å². The lowest BCUT2D eigenvalue weighted by Gasteiger charge is -2.11. The summed E-state index contributed by atoms with van der Waals surface area (Å²) in [6, 6.07) is 5.68. The highest BCUT2D eigenvalue weighted by Crippen LogP contribution is 2.16. The predicted molar refractivity (Wildman–Crippen MR) is 67.5 cm³/mol. The van der Waals surface area contributed by atoms with Gasteiger partial charge in [-0.25, -0.2) is 0 Å². The zero-order valence-corrected chi connectivity index (χ0v) is 10.4. The normalized spacial score (nSPS) is 12.1. The van der Waals surface area contributed by atoms with Gasteiger partial charge in [0.15, 0.2) is 5.78 Å². The number of aromatic hydroxyl groups is 1. The highest BCUT2D eigenvalue weighted by atomic mass is 16.3. The highest BCUT2D eigenvalue weighted by Gasteiger charge is 2.25. The summed E-state index contributed by atoms with van der Waals surface area (Å²) in [5, 5.41) is 18.3. The van der Waals surface area contributed by atoms with Gasteiger partial charge in [0, 0.05) is 12.0 Å². The van der Waals surface area contributed by atoms with Gasteiger partial charge in [0.05, 0.1) is 6.61 Å². The Hall–Kier alpha value is -1.68. The molecule has 0 bridgehead atoms. The zero-order chi connectivity index (χ0) is 13.5. The maximum absolute atomic E-state index is 12.0. The monoisotopic (exact) mass is 250 g/mol. The van der Waals surface area contributed by atoms with E-state index in [1.165, 1.54) is 24.3 Å². The van der Waals surface area contributed by atoms with E-state index in [4.69, 9.17) is 5.11 Å². The summed E-state index contributed by atoms with van der Waals surface area (Å²) < 4.78 is 0. The summed E-state index contributed by atoms with van der Waals surface area (Å²) in [7, 11) is 0. The number of hydrogen-bond acceptors (Lipinski definition) is 4. The van der Waals surface area contributed by atoms with Crippen LogP contribution in [0.25, 0.3) is 0 Å². The first-order valence-corrected chi connectivity index (χ1v) is 6.07. The van der Waals surface area contributed by atoms with E-state index in [2.05, 4.69) is 0 Å². The Bertz CT molecular complexity index is 408. The van der Waals surface area contributed by atoms with Gasteiger partial charge < -0.3 is 10.2 Å². The fourth-order valence-corrected chi connectivity index (χ4v) is 1.68. The summed E-state index contributed by atoms with van der Waals surface area (Å²) in [6.45, 7) is 1.49. The molecular formula is C14H18O4. The first-order valence-electron chi connectivity index (χ1n) is 6.07. The number of hydrogen-bond donors (Lipinski definition) is 2. The number of unbranched alkanes of at least 4 members (excludes halogenated alkanes) is 1. The number of rotatable bonds is 7. The number of benzene rings is 1. The molecule has 4 nitrogen and oxygen atoms in total. The Morgan fingerprint density at radius 3 is 2.33 bits per heavy atom. The molecule has 0 amide bonds. The van der Waals surface area contributed by atoms with E-state index >= 15 is 0 Å². The lowest BCUT2D eigenvalue weighted by molar-refractivity contribution is -0.122. The van der Waals surface area contributed by atoms with Gasteiger partial charge in [-0.15, -0.1) is 0 Å². The largest absolute Gasteiger partial charge is 0.508 e. The van der Waals surface area contributed by atoms with Crippen LogP contribution >= 0.6 is 0 Å². The fourth-order valence-electron chi connectivity index (χ4n) is 1.68. The Morgan fingerprint density at radius 2 is 1.83 bits per heavy atom. The van der Waals surface area contributed by atoms with E-state index in [1.54, 1.807) is 0 Å². The summed E-state index contributed by atoms with van der Waals surface area (Å²) >= 11 is 0. The van der Waals surface area contributed by atoms with Crippen LogP contribution in [0.5, 0.6) is 5.75 Å². The second kappa shape index (κ2) is 6.91. The van der Waals surface area contributed by atoms with Crippen LogP contribution in [0.2, 0.25) is 0 Å². The molecule has 1 aromatic rings. The van der Waals surface area contributed by atoms with Gasteiger partial charge in [-0.05, 0) is 30.7 Å². The average Bonchev–Trinajstić information content (AvgIpc) is 2.37. The molecule has 1 unspecified atom stereocenters. The Labute approximate surface area is 106 Å². The van der Waals surface area contributed by atoms with Crippen molar-refractivity contribution in [2.75, 3.05) is 6.61 Å². The number of aliphatic hydroxyl groups excluding tert-OH is 1. The molecule has 0 fully saturated rings. The smallest absolute Gasteiger partial charge is 0.175 e. The molecule has 4 heteroatoms. The molecule has 98 valence electrons. The van der Waals surface area contributed by atoms with Crippen LogP contribution in [-0.4, -0.2) is 28.4 Å². The van der Waals surface area contributed by atoms with Crippen molar-refractivity contribution >= 4 is 11.6 Å². The van der Waals surface area contributed by atoms with Gasteiger partial charge in [-0.2, -0.15) is 0 Å². The molecule has 1 aromatic carbocycles. The third-order valence-electron chi connectivity index (χ3n) is 2.82. The molecule has 0 aromatic heterocycles. The van der Waals surface area contributed by atoms with Crippen molar-refractivity contribution < 1.29 is 19.8 Å². The van der Waals surface area contributed by atoms with E-state index in [0.717, 1.165) is 12.8 Å². The van der Waals surface area contributed by atoms with Crippen LogP contribution in [0.3, 0.4) is 0 Å². The standard InChI is InChI=1S/C14H18O4/c1-2-3-4-13(17)12(9-15)14(18)10-5-7-11(16)8-6-10/h5-8,12,15-16H,2-4,9H2,1H3. The molecule has 0 saturated heterocycles. The van der Waals surface area contributed by atoms with E-state index < -0.39 is 18.3 Å². The number of carbonyl (C=O) groups excluding carboxylic acids is 2. The summed E-state index contributed by atoms with van der Waals surface area (Å²) in [5.41, 5.74) is 0.330. The van der Waals surface area contributed by atoms with Gasteiger partial charge in [-0.3, -0.25) is 9.59 Å². The second-order valence-electron chi connectivity index (χ2n) is 4.22.